The van der Waals surface area contributed by atoms with Crippen LogP contribution in [-0.4, -0.2) is 29.7 Å². The number of hydrogen-bond acceptors (Lipinski definition) is 4. The average molecular weight is 397 g/mol. The SMILES string of the molecule is Cc1cc(=O)n2c3ccccc3n(C[C@@H](O)Cn3cnc4ccccc43)c2c1C#N. The predicted octanol–water partition coefficient (Wildman–Crippen LogP) is 2.85. The van der Waals surface area contributed by atoms with Gasteiger partial charge >= 0.3 is 0 Å². The summed E-state index contributed by atoms with van der Waals surface area (Å²) in [6, 6.07) is 19.0. The first-order valence-electron chi connectivity index (χ1n) is 9.70. The van der Waals surface area contributed by atoms with E-state index in [0.717, 1.165) is 16.6 Å². The van der Waals surface area contributed by atoms with Gasteiger partial charge in [-0.3, -0.25) is 9.20 Å². The Hall–Kier alpha value is -3.89. The Balaban J connectivity index is 1.64. The van der Waals surface area contributed by atoms with E-state index in [1.165, 1.54) is 6.07 Å². The quantitative estimate of drug-likeness (QED) is 0.505. The summed E-state index contributed by atoms with van der Waals surface area (Å²) in [5.74, 6) is 0. The van der Waals surface area contributed by atoms with Gasteiger partial charge in [-0.15, -0.1) is 0 Å². The van der Waals surface area contributed by atoms with Gasteiger partial charge in [0.2, 0.25) is 0 Å². The second kappa shape index (κ2) is 6.87. The summed E-state index contributed by atoms with van der Waals surface area (Å²) in [7, 11) is 0. The number of aryl methyl sites for hydroxylation is 1. The maximum Gasteiger partial charge on any atom is 0.257 e. The smallest absolute Gasteiger partial charge is 0.257 e. The third-order valence-corrected chi connectivity index (χ3v) is 5.50. The minimum atomic E-state index is -0.746. The second-order valence-electron chi connectivity index (χ2n) is 7.45. The van der Waals surface area contributed by atoms with Crippen LogP contribution in [0.15, 0.2) is 65.7 Å². The summed E-state index contributed by atoms with van der Waals surface area (Å²) < 4.78 is 5.34. The minimum absolute atomic E-state index is 0.188. The molecule has 0 aliphatic carbocycles. The molecule has 2 aromatic carbocycles. The fraction of sp³-hybridized carbons (Fsp3) is 0.174. The van der Waals surface area contributed by atoms with Gasteiger partial charge in [0.15, 0.2) is 0 Å². The van der Waals surface area contributed by atoms with E-state index in [1.807, 2.05) is 57.7 Å². The molecule has 1 atom stereocenters. The van der Waals surface area contributed by atoms with Crippen molar-refractivity contribution in [3.05, 3.63) is 82.4 Å². The summed E-state index contributed by atoms with van der Waals surface area (Å²) in [6.45, 7) is 2.34. The molecule has 30 heavy (non-hydrogen) atoms. The Morgan fingerprint density at radius 1 is 1.07 bits per heavy atom. The lowest BCUT2D eigenvalue weighted by atomic mass is 10.1. The van der Waals surface area contributed by atoms with Crippen LogP contribution in [0.5, 0.6) is 0 Å². The molecule has 3 aromatic heterocycles. The van der Waals surface area contributed by atoms with Crippen LogP contribution in [0.2, 0.25) is 0 Å². The predicted molar refractivity (Wildman–Crippen MR) is 114 cm³/mol. The highest BCUT2D eigenvalue weighted by Gasteiger charge is 2.19. The summed E-state index contributed by atoms with van der Waals surface area (Å²) in [5.41, 5.74) is 4.72. The molecule has 7 nitrogen and oxygen atoms in total. The maximum atomic E-state index is 12.7. The fourth-order valence-electron chi connectivity index (χ4n) is 4.17. The number of nitrogens with zero attached hydrogens (tertiary/aromatic N) is 5. The monoisotopic (exact) mass is 397 g/mol. The van der Waals surface area contributed by atoms with Gasteiger partial charge in [0.25, 0.3) is 5.56 Å². The molecule has 0 saturated heterocycles. The van der Waals surface area contributed by atoms with E-state index in [2.05, 4.69) is 11.1 Å². The molecule has 0 unspecified atom stereocenters. The highest BCUT2D eigenvalue weighted by atomic mass is 16.3. The maximum absolute atomic E-state index is 12.7. The van der Waals surface area contributed by atoms with Crippen LogP contribution in [-0.2, 0) is 13.1 Å². The van der Waals surface area contributed by atoms with Gasteiger partial charge in [-0.2, -0.15) is 5.26 Å². The number of benzene rings is 2. The minimum Gasteiger partial charge on any atom is -0.389 e. The number of rotatable bonds is 4. The first-order chi connectivity index (χ1) is 14.6. The standard InChI is InChI=1S/C23H19N5O2/c1-15-10-22(30)28-21-9-5-4-8-20(21)27(23(28)17(15)11-24)13-16(29)12-26-14-25-18-6-2-3-7-19(18)26/h2-10,14,16,29H,12-13H2,1H3/t16-/m0/s1. The number of imidazole rings is 2. The average Bonchev–Trinajstić information content (AvgIpc) is 3.29. The van der Waals surface area contributed by atoms with Crippen LogP contribution in [0.25, 0.3) is 27.7 Å². The second-order valence-corrected chi connectivity index (χ2v) is 7.45. The van der Waals surface area contributed by atoms with E-state index in [0.29, 0.717) is 28.8 Å². The van der Waals surface area contributed by atoms with E-state index in [1.54, 1.807) is 17.7 Å². The van der Waals surface area contributed by atoms with Crippen molar-refractivity contribution in [2.75, 3.05) is 0 Å². The molecule has 1 N–H and O–H groups in total. The normalized spacial score (nSPS) is 12.6. The molecule has 0 aliphatic rings. The fourth-order valence-corrected chi connectivity index (χ4v) is 4.17. The van der Waals surface area contributed by atoms with E-state index in [-0.39, 0.29) is 12.1 Å². The largest absolute Gasteiger partial charge is 0.389 e. The van der Waals surface area contributed by atoms with E-state index in [9.17, 15) is 15.2 Å². The topological polar surface area (TPSA) is 88.2 Å². The molecule has 148 valence electrons. The van der Waals surface area contributed by atoms with E-state index >= 15 is 0 Å². The first kappa shape index (κ1) is 18.2. The van der Waals surface area contributed by atoms with Crippen LogP contribution < -0.4 is 5.56 Å². The Kier molecular flexibility index (Phi) is 4.16. The molecular weight excluding hydrogens is 378 g/mol. The summed E-state index contributed by atoms with van der Waals surface area (Å²) in [6.07, 6.45) is 0.971. The zero-order chi connectivity index (χ0) is 20.8. The molecule has 3 heterocycles. The number of fused-ring (bicyclic) bond motifs is 4. The zero-order valence-corrected chi connectivity index (χ0v) is 16.4. The Labute approximate surface area is 171 Å². The molecule has 0 amide bonds. The molecule has 5 aromatic rings. The molecule has 0 fully saturated rings. The molecule has 0 spiro atoms. The number of pyridine rings is 1. The molecule has 0 saturated carbocycles. The summed E-state index contributed by atoms with van der Waals surface area (Å²) >= 11 is 0. The van der Waals surface area contributed by atoms with Crippen LogP contribution in [0.3, 0.4) is 0 Å². The van der Waals surface area contributed by atoms with Crippen molar-refractivity contribution in [1.29, 1.82) is 5.26 Å². The molecule has 0 aliphatic heterocycles. The molecule has 0 bridgehead atoms. The van der Waals surface area contributed by atoms with Gasteiger partial charge in [0, 0.05) is 6.07 Å². The lowest BCUT2D eigenvalue weighted by molar-refractivity contribution is 0.138. The van der Waals surface area contributed by atoms with Gasteiger partial charge in [-0.25, -0.2) is 4.98 Å². The summed E-state index contributed by atoms with van der Waals surface area (Å²) in [5, 5.41) is 20.7. The highest BCUT2D eigenvalue weighted by molar-refractivity contribution is 5.84. The first-order valence-corrected chi connectivity index (χ1v) is 9.70. The molecular formula is C23H19N5O2. The van der Waals surface area contributed by atoms with Crippen molar-refractivity contribution in [1.82, 2.24) is 18.5 Å². The number of aromatic nitrogens is 4. The number of nitriles is 1. The number of aliphatic hydroxyl groups is 1. The lowest BCUT2D eigenvalue weighted by Crippen LogP contribution is -2.23. The van der Waals surface area contributed by atoms with Gasteiger partial charge < -0.3 is 14.2 Å². The number of aliphatic hydroxyl groups excluding tert-OH is 1. The highest BCUT2D eigenvalue weighted by Crippen LogP contribution is 2.24. The molecule has 5 rings (SSSR count). The molecule has 0 radical (unpaired) electrons. The Bertz CT molecular complexity index is 1520. The van der Waals surface area contributed by atoms with E-state index < -0.39 is 6.10 Å². The van der Waals surface area contributed by atoms with Crippen LogP contribution >= 0.6 is 0 Å². The Morgan fingerprint density at radius 3 is 2.53 bits per heavy atom. The van der Waals surface area contributed by atoms with Gasteiger partial charge in [-0.1, -0.05) is 24.3 Å². The number of hydrogen-bond donors (Lipinski definition) is 1. The van der Waals surface area contributed by atoms with Crippen molar-refractivity contribution < 1.29 is 5.11 Å². The van der Waals surface area contributed by atoms with Crippen molar-refractivity contribution in [3.63, 3.8) is 0 Å². The molecule has 7 heteroatoms. The van der Waals surface area contributed by atoms with Crippen molar-refractivity contribution in [2.24, 2.45) is 0 Å². The van der Waals surface area contributed by atoms with Gasteiger partial charge in [0.05, 0.1) is 53.2 Å². The summed E-state index contributed by atoms with van der Waals surface area (Å²) in [4.78, 5) is 17.1. The number of para-hydroxylation sites is 4. The van der Waals surface area contributed by atoms with Crippen molar-refractivity contribution in [2.45, 2.75) is 26.1 Å². The van der Waals surface area contributed by atoms with Crippen LogP contribution in [0, 0.1) is 18.3 Å². The van der Waals surface area contributed by atoms with Crippen LogP contribution in [0.1, 0.15) is 11.1 Å². The van der Waals surface area contributed by atoms with Gasteiger partial charge in [0.1, 0.15) is 11.7 Å². The van der Waals surface area contributed by atoms with Crippen molar-refractivity contribution >= 4 is 27.7 Å². The third kappa shape index (κ3) is 2.70. The third-order valence-electron chi connectivity index (χ3n) is 5.50. The van der Waals surface area contributed by atoms with Gasteiger partial charge in [-0.05, 0) is 36.8 Å². The lowest BCUT2D eigenvalue weighted by Gasteiger charge is -2.15. The van der Waals surface area contributed by atoms with Crippen LogP contribution in [0.4, 0.5) is 0 Å². The zero-order valence-electron chi connectivity index (χ0n) is 16.4. The van der Waals surface area contributed by atoms with E-state index in [4.69, 9.17) is 0 Å². The Morgan fingerprint density at radius 2 is 1.77 bits per heavy atom. The van der Waals surface area contributed by atoms with Crippen molar-refractivity contribution in [3.8, 4) is 6.07 Å².